The van der Waals surface area contributed by atoms with Crippen LogP contribution in [0.4, 0.5) is 0 Å². The van der Waals surface area contributed by atoms with Gasteiger partial charge in [-0.05, 0) is 31.2 Å². The van der Waals surface area contributed by atoms with Crippen molar-refractivity contribution in [2.75, 3.05) is 13.7 Å². The van der Waals surface area contributed by atoms with Gasteiger partial charge in [0, 0.05) is 16.2 Å². The van der Waals surface area contributed by atoms with Gasteiger partial charge in [0.1, 0.15) is 5.75 Å². The van der Waals surface area contributed by atoms with Crippen molar-refractivity contribution in [1.82, 2.24) is 0 Å². The number of thioether (sulfide) groups is 1. The molecule has 0 radical (unpaired) electrons. The Kier molecular flexibility index (Phi) is 4.94. The van der Waals surface area contributed by atoms with E-state index in [2.05, 4.69) is 0 Å². The van der Waals surface area contributed by atoms with E-state index in [0.717, 1.165) is 10.6 Å². The van der Waals surface area contributed by atoms with E-state index in [1.807, 2.05) is 31.2 Å². The molecule has 1 aromatic rings. The van der Waals surface area contributed by atoms with E-state index in [4.69, 9.17) is 15.6 Å². The smallest absolute Gasteiger partial charge is 0.118 e. The Hall–Kier alpha value is -0.710. The molecule has 0 bridgehead atoms. The van der Waals surface area contributed by atoms with Crippen LogP contribution in [0.1, 0.15) is 6.92 Å². The van der Waals surface area contributed by atoms with Crippen LogP contribution in [0.5, 0.6) is 5.75 Å². The van der Waals surface area contributed by atoms with Crippen molar-refractivity contribution in [3.05, 3.63) is 24.3 Å². The molecular formula is C11H17NO2S. The molecule has 0 aliphatic carbocycles. The number of aliphatic hydroxyl groups excluding tert-OH is 1. The number of aliphatic hydroxyl groups is 1. The second-order valence-corrected chi connectivity index (χ2v) is 4.69. The van der Waals surface area contributed by atoms with Crippen LogP contribution in [0.2, 0.25) is 0 Å². The second kappa shape index (κ2) is 6.00. The molecule has 4 heteroatoms. The van der Waals surface area contributed by atoms with Gasteiger partial charge < -0.3 is 15.6 Å². The fraction of sp³-hybridized carbons (Fsp3) is 0.455. The predicted octanol–water partition coefficient (Wildman–Crippen LogP) is 1.50. The lowest BCUT2D eigenvalue weighted by Gasteiger charge is -2.17. The molecule has 0 fully saturated rings. The number of methoxy groups -OCH3 is 1. The van der Waals surface area contributed by atoms with E-state index in [1.54, 1.807) is 18.9 Å². The quantitative estimate of drug-likeness (QED) is 0.748. The zero-order valence-corrected chi connectivity index (χ0v) is 9.83. The minimum Gasteiger partial charge on any atom is -0.497 e. The van der Waals surface area contributed by atoms with Gasteiger partial charge in [0.05, 0.1) is 13.7 Å². The van der Waals surface area contributed by atoms with E-state index >= 15 is 0 Å². The highest BCUT2D eigenvalue weighted by molar-refractivity contribution is 8.00. The highest BCUT2D eigenvalue weighted by Gasteiger charge is 2.13. The Morgan fingerprint density at radius 3 is 2.40 bits per heavy atom. The Labute approximate surface area is 94.6 Å². The number of benzene rings is 1. The molecular weight excluding hydrogens is 210 g/mol. The second-order valence-electron chi connectivity index (χ2n) is 3.37. The summed E-state index contributed by atoms with van der Waals surface area (Å²) in [6.45, 7) is 1.99. The van der Waals surface area contributed by atoms with Crippen LogP contribution in [-0.2, 0) is 0 Å². The van der Waals surface area contributed by atoms with Gasteiger partial charge in [-0.25, -0.2) is 0 Å². The molecule has 0 heterocycles. The first-order valence-corrected chi connectivity index (χ1v) is 5.72. The van der Waals surface area contributed by atoms with Crippen molar-refractivity contribution in [3.63, 3.8) is 0 Å². The van der Waals surface area contributed by atoms with Crippen LogP contribution < -0.4 is 10.5 Å². The molecule has 84 valence electrons. The summed E-state index contributed by atoms with van der Waals surface area (Å²) in [5.41, 5.74) is 5.75. The Balaban J connectivity index is 2.63. The molecule has 3 N–H and O–H groups in total. The molecule has 15 heavy (non-hydrogen) atoms. The van der Waals surface area contributed by atoms with Crippen LogP contribution in [0, 0.1) is 0 Å². The molecule has 2 unspecified atom stereocenters. The third-order valence-corrected chi connectivity index (χ3v) is 3.54. The average Bonchev–Trinajstić information content (AvgIpc) is 2.26. The number of hydrogen-bond donors (Lipinski definition) is 2. The Bertz CT molecular complexity index is 287. The molecule has 0 spiro atoms. The summed E-state index contributed by atoms with van der Waals surface area (Å²) in [6, 6.07) is 7.71. The van der Waals surface area contributed by atoms with Crippen molar-refractivity contribution in [2.45, 2.75) is 23.1 Å². The van der Waals surface area contributed by atoms with E-state index in [9.17, 15) is 0 Å². The lowest BCUT2D eigenvalue weighted by molar-refractivity contribution is 0.285. The van der Waals surface area contributed by atoms with Crippen LogP contribution >= 0.6 is 11.8 Å². The fourth-order valence-corrected chi connectivity index (χ4v) is 2.07. The lowest BCUT2D eigenvalue weighted by atomic mass is 10.3. The molecule has 0 aliphatic heterocycles. The number of ether oxygens (including phenoxy) is 1. The minimum atomic E-state index is -0.0258. The summed E-state index contributed by atoms with van der Waals surface area (Å²) in [6.07, 6.45) is 0. The van der Waals surface area contributed by atoms with Gasteiger partial charge in [0.25, 0.3) is 0 Å². The van der Waals surface area contributed by atoms with Crippen molar-refractivity contribution in [3.8, 4) is 5.75 Å². The predicted molar refractivity (Wildman–Crippen MR) is 63.4 cm³/mol. The first-order chi connectivity index (χ1) is 7.17. The van der Waals surface area contributed by atoms with Crippen LogP contribution in [-0.4, -0.2) is 30.1 Å². The van der Waals surface area contributed by atoms with Gasteiger partial charge in [0.15, 0.2) is 0 Å². The molecule has 1 aromatic carbocycles. The van der Waals surface area contributed by atoms with Crippen molar-refractivity contribution < 1.29 is 9.84 Å². The zero-order valence-electron chi connectivity index (χ0n) is 9.01. The number of rotatable bonds is 5. The molecule has 0 saturated heterocycles. The maximum Gasteiger partial charge on any atom is 0.118 e. The van der Waals surface area contributed by atoms with Crippen molar-refractivity contribution >= 4 is 11.8 Å². The van der Waals surface area contributed by atoms with Crippen molar-refractivity contribution in [2.24, 2.45) is 5.73 Å². The molecule has 0 aliphatic rings. The van der Waals surface area contributed by atoms with Gasteiger partial charge in [-0.2, -0.15) is 0 Å². The largest absolute Gasteiger partial charge is 0.497 e. The van der Waals surface area contributed by atoms with E-state index in [0.29, 0.717) is 0 Å². The summed E-state index contributed by atoms with van der Waals surface area (Å²) in [4.78, 5) is 1.09. The maximum absolute atomic E-state index is 9.13. The normalized spacial score (nSPS) is 14.7. The monoisotopic (exact) mass is 227 g/mol. The Morgan fingerprint density at radius 1 is 1.40 bits per heavy atom. The Morgan fingerprint density at radius 2 is 2.00 bits per heavy atom. The van der Waals surface area contributed by atoms with Gasteiger partial charge in [0.2, 0.25) is 0 Å². The SMILES string of the molecule is COc1ccc(SC(CO)C(C)N)cc1. The third-order valence-electron chi connectivity index (χ3n) is 2.11. The highest BCUT2D eigenvalue weighted by Crippen LogP contribution is 2.26. The first kappa shape index (κ1) is 12.4. The summed E-state index contributed by atoms with van der Waals surface area (Å²) in [5.74, 6) is 0.834. The van der Waals surface area contributed by atoms with Crippen molar-refractivity contribution in [1.29, 1.82) is 0 Å². The summed E-state index contributed by atoms with van der Waals surface area (Å²) in [7, 11) is 1.64. The van der Waals surface area contributed by atoms with Crippen LogP contribution in [0.25, 0.3) is 0 Å². The standard InChI is InChI=1S/C11H17NO2S/c1-8(12)11(7-13)15-10-5-3-9(14-2)4-6-10/h3-6,8,11,13H,7,12H2,1-2H3. The molecule has 3 nitrogen and oxygen atoms in total. The average molecular weight is 227 g/mol. The van der Waals surface area contributed by atoms with Crippen LogP contribution in [0.15, 0.2) is 29.2 Å². The molecule has 2 atom stereocenters. The molecule has 1 rings (SSSR count). The van der Waals surface area contributed by atoms with Gasteiger partial charge in [-0.1, -0.05) is 0 Å². The fourth-order valence-electron chi connectivity index (χ4n) is 1.14. The summed E-state index contributed by atoms with van der Waals surface area (Å²) < 4.78 is 5.06. The van der Waals surface area contributed by atoms with E-state index in [1.165, 1.54) is 0 Å². The lowest BCUT2D eigenvalue weighted by Crippen LogP contribution is -2.31. The van der Waals surface area contributed by atoms with Gasteiger partial charge in [-0.15, -0.1) is 11.8 Å². The maximum atomic E-state index is 9.13. The zero-order chi connectivity index (χ0) is 11.3. The summed E-state index contributed by atoms with van der Waals surface area (Å²) in [5, 5.41) is 9.17. The summed E-state index contributed by atoms with van der Waals surface area (Å²) >= 11 is 1.59. The molecule has 0 aromatic heterocycles. The van der Waals surface area contributed by atoms with Gasteiger partial charge >= 0.3 is 0 Å². The molecule has 0 amide bonds. The van der Waals surface area contributed by atoms with E-state index in [-0.39, 0.29) is 17.9 Å². The first-order valence-electron chi connectivity index (χ1n) is 4.84. The number of hydrogen-bond acceptors (Lipinski definition) is 4. The van der Waals surface area contributed by atoms with E-state index < -0.39 is 0 Å². The van der Waals surface area contributed by atoms with Gasteiger partial charge in [-0.3, -0.25) is 0 Å². The highest BCUT2D eigenvalue weighted by atomic mass is 32.2. The van der Waals surface area contributed by atoms with Crippen LogP contribution in [0.3, 0.4) is 0 Å². The minimum absolute atomic E-state index is 0.0258. The third kappa shape index (κ3) is 3.74. The molecule has 0 saturated carbocycles. The number of nitrogens with two attached hydrogens (primary N) is 1. The topological polar surface area (TPSA) is 55.5 Å².